The van der Waals surface area contributed by atoms with Gasteiger partial charge in [0, 0.05) is 11.3 Å². The molecule has 1 heterocycles. The molecular formula is C13H22FNO3. The molecule has 2 aliphatic rings. The van der Waals surface area contributed by atoms with Gasteiger partial charge in [-0.2, -0.15) is 0 Å². The van der Waals surface area contributed by atoms with Crippen LogP contribution in [0, 0.1) is 11.3 Å². The predicted octanol–water partition coefficient (Wildman–Crippen LogP) is 1.96. The van der Waals surface area contributed by atoms with E-state index in [0.717, 1.165) is 0 Å². The number of ether oxygens (including phenoxy) is 1. The summed E-state index contributed by atoms with van der Waals surface area (Å²) in [4.78, 5) is 13.3. The Labute approximate surface area is 107 Å². The van der Waals surface area contributed by atoms with E-state index in [1.54, 1.807) is 20.8 Å². The van der Waals surface area contributed by atoms with Crippen molar-refractivity contribution in [2.75, 3.05) is 13.2 Å². The fraction of sp³-hybridized carbons (Fsp3) is 0.923. The fourth-order valence-electron chi connectivity index (χ4n) is 3.20. The summed E-state index contributed by atoms with van der Waals surface area (Å²) in [5.41, 5.74) is -2.45. The number of carbonyl (C=O) groups is 1. The van der Waals surface area contributed by atoms with E-state index in [1.807, 2.05) is 13.8 Å². The number of aliphatic hydroxyl groups excluding tert-OH is 1. The normalized spacial score (nSPS) is 37.4. The van der Waals surface area contributed by atoms with Crippen LogP contribution in [0.4, 0.5) is 9.18 Å². The maximum Gasteiger partial charge on any atom is 0.410 e. The van der Waals surface area contributed by atoms with Crippen molar-refractivity contribution in [3.8, 4) is 0 Å². The Morgan fingerprint density at radius 3 is 2.50 bits per heavy atom. The number of carbonyl (C=O) groups excluding carboxylic acids is 1. The second-order valence-corrected chi connectivity index (χ2v) is 6.92. The van der Waals surface area contributed by atoms with E-state index in [4.69, 9.17) is 4.74 Å². The Kier molecular flexibility index (Phi) is 2.71. The zero-order valence-electron chi connectivity index (χ0n) is 11.7. The number of hydrogen-bond donors (Lipinski definition) is 1. The number of aliphatic hydroxyl groups is 1. The van der Waals surface area contributed by atoms with Crippen LogP contribution in [0.5, 0.6) is 0 Å². The van der Waals surface area contributed by atoms with Gasteiger partial charge in [0.1, 0.15) is 11.3 Å². The number of nitrogens with zero attached hydrogens (tertiary/aromatic N) is 1. The summed E-state index contributed by atoms with van der Waals surface area (Å²) >= 11 is 0. The molecule has 3 atom stereocenters. The summed E-state index contributed by atoms with van der Waals surface area (Å²) in [6.45, 7) is 8.78. The standard InChI is InChI=1S/C13H22FNO3/c1-11(2,3)18-10(17)15-7-13(14)9(8(15)6-16)12(13,4)5/h8-9,16H,6-7H2,1-5H3/t8-,9?,13?/m1/s1. The molecule has 1 aliphatic heterocycles. The molecule has 2 rings (SSSR count). The van der Waals surface area contributed by atoms with Gasteiger partial charge in [-0.3, -0.25) is 4.90 Å². The molecule has 5 heteroatoms. The van der Waals surface area contributed by atoms with Gasteiger partial charge in [0.2, 0.25) is 0 Å². The molecule has 0 aromatic rings. The lowest BCUT2D eigenvalue weighted by Gasteiger charge is -2.31. The first-order chi connectivity index (χ1) is 8.04. The summed E-state index contributed by atoms with van der Waals surface area (Å²) in [5.74, 6) is -0.289. The van der Waals surface area contributed by atoms with Crippen molar-refractivity contribution < 1.29 is 19.0 Å². The van der Waals surface area contributed by atoms with Gasteiger partial charge in [-0.25, -0.2) is 9.18 Å². The van der Waals surface area contributed by atoms with E-state index >= 15 is 0 Å². The molecule has 1 saturated heterocycles. The monoisotopic (exact) mass is 259 g/mol. The summed E-state index contributed by atoms with van der Waals surface area (Å²) in [5, 5.41) is 9.41. The highest BCUT2D eigenvalue weighted by atomic mass is 19.1. The Hall–Kier alpha value is -0.840. The van der Waals surface area contributed by atoms with Crippen molar-refractivity contribution in [2.45, 2.75) is 51.9 Å². The van der Waals surface area contributed by atoms with Crippen LogP contribution in [0.25, 0.3) is 0 Å². The van der Waals surface area contributed by atoms with E-state index in [1.165, 1.54) is 4.90 Å². The highest BCUT2D eigenvalue weighted by molar-refractivity contribution is 5.70. The van der Waals surface area contributed by atoms with Crippen molar-refractivity contribution >= 4 is 6.09 Å². The number of halogens is 1. The van der Waals surface area contributed by atoms with E-state index in [9.17, 15) is 14.3 Å². The first kappa shape index (κ1) is 13.6. The number of likely N-dealkylation sites (tertiary alicyclic amines) is 1. The molecule has 1 saturated carbocycles. The van der Waals surface area contributed by atoms with Gasteiger partial charge in [0.05, 0.1) is 19.2 Å². The second kappa shape index (κ2) is 3.59. The van der Waals surface area contributed by atoms with Crippen LogP contribution >= 0.6 is 0 Å². The molecule has 1 N–H and O–H groups in total. The molecule has 1 aliphatic carbocycles. The first-order valence-corrected chi connectivity index (χ1v) is 6.34. The summed E-state index contributed by atoms with van der Waals surface area (Å²) in [7, 11) is 0. The number of amides is 1. The molecule has 18 heavy (non-hydrogen) atoms. The van der Waals surface area contributed by atoms with E-state index in [0.29, 0.717) is 0 Å². The lowest BCUT2D eigenvalue weighted by Crippen LogP contribution is -2.46. The lowest BCUT2D eigenvalue weighted by atomic mass is 10.0. The molecule has 104 valence electrons. The molecular weight excluding hydrogens is 237 g/mol. The second-order valence-electron chi connectivity index (χ2n) is 6.92. The molecule has 0 radical (unpaired) electrons. The van der Waals surface area contributed by atoms with Crippen molar-refractivity contribution in [1.29, 1.82) is 0 Å². The maximum atomic E-state index is 14.6. The molecule has 0 aromatic heterocycles. The minimum absolute atomic E-state index is 0.0187. The van der Waals surface area contributed by atoms with Gasteiger partial charge in [0.15, 0.2) is 0 Å². The Morgan fingerprint density at radius 2 is 2.06 bits per heavy atom. The lowest BCUT2D eigenvalue weighted by molar-refractivity contribution is 0.00636. The van der Waals surface area contributed by atoms with Crippen LogP contribution in [0.15, 0.2) is 0 Å². The molecule has 0 spiro atoms. The topological polar surface area (TPSA) is 49.8 Å². The SMILES string of the molecule is CC(C)(C)OC(=O)N1CC2(F)C([C@H]1CO)C2(C)C. The number of fused-ring (bicyclic) bond motifs is 1. The van der Waals surface area contributed by atoms with Crippen LogP contribution < -0.4 is 0 Å². The Morgan fingerprint density at radius 1 is 1.50 bits per heavy atom. The molecule has 1 amide bonds. The van der Waals surface area contributed by atoms with Gasteiger partial charge < -0.3 is 9.84 Å². The van der Waals surface area contributed by atoms with E-state index in [-0.39, 0.29) is 19.1 Å². The number of rotatable bonds is 1. The van der Waals surface area contributed by atoms with Gasteiger partial charge in [0.25, 0.3) is 0 Å². The summed E-state index contributed by atoms with van der Waals surface area (Å²) in [6.07, 6.45) is -0.540. The number of piperidine rings is 1. The Bertz CT molecular complexity index is 377. The van der Waals surface area contributed by atoms with Crippen LogP contribution in [0.1, 0.15) is 34.6 Å². The molecule has 0 aromatic carbocycles. The van der Waals surface area contributed by atoms with Crippen molar-refractivity contribution in [3.63, 3.8) is 0 Å². The summed E-state index contributed by atoms with van der Waals surface area (Å²) in [6, 6.07) is -0.472. The minimum atomic E-state index is -1.38. The molecule has 2 unspecified atom stereocenters. The zero-order valence-corrected chi connectivity index (χ0v) is 11.7. The highest BCUT2D eigenvalue weighted by Gasteiger charge is 2.80. The molecule has 2 fully saturated rings. The first-order valence-electron chi connectivity index (χ1n) is 6.34. The highest BCUT2D eigenvalue weighted by Crippen LogP contribution is 2.70. The molecule has 0 bridgehead atoms. The van der Waals surface area contributed by atoms with Gasteiger partial charge >= 0.3 is 6.09 Å². The Balaban J connectivity index is 2.12. The van der Waals surface area contributed by atoms with Gasteiger partial charge in [-0.15, -0.1) is 0 Å². The maximum absolute atomic E-state index is 14.6. The van der Waals surface area contributed by atoms with Gasteiger partial charge in [-0.1, -0.05) is 13.8 Å². The van der Waals surface area contributed by atoms with E-state index < -0.39 is 28.8 Å². The third-order valence-corrected chi connectivity index (χ3v) is 4.26. The average Bonchev–Trinajstić information content (AvgIpc) is 2.54. The van der Waals surface area contributed by atoms with E-state index in [2.05, 4.69) is 0 Å². The third-order valence-electron chi connectivity index (χ3n) is 4.26. The van der Waals surface area contributed by atoms with Gasteiger partial charge in [-0.05, 0) is 20.8 Å². The number of hydrogen-bond acceptors (Lipinski definition) is 3. The van der Waals surface area contributed by atoms with Crippen molar-refractivity contribution in [2.24, 2.45) is 11.3 Å². The molecule has 4 nitrogen and oxygen atoms in total. The third kappa shape index (κ3) is 1.71. The smallest absolute Gasteiger partial charge is 0.410 e. The average molecular weight is 259 g/mol. The number of alkyl halides is 1. The van der Waals surface area contributed by atoms with Crippen LogP contribution in [0.2, 0.25) is 0 Å². The fourth-order valence-corrected chi connectivity index (χ4v) is 3.20. The van der Waals surface area contributed by atoms with Crippen LogP contribution in [-0.2, 0) is 4.74 Å². The minimum Gasteiger partial charge on any atom is -0.444 e. The predicted molar refractivity (Wildman–Crippen MR) is 64.9 cm³/mol. The van der Waals surface area contributed by atoms with Crippen molar-refractivity contribution in [1.82, 2.24) is 4.90 Å². The van der Waals surface area contributed by atoms with Crippen LogP contribution in [0.3, 0.4) is 0 Å². The largest absolute Gasteiger partial charge is 0.444 e. The van der Waals surface area contributed by atoms with Crippen molar-refractivity contribution in [3.05, 3.63) is 0 Å². The quantitative estimate of drug-likeness (QED) is 0.783. The summed E-state index contributed by atoms with van der Waals surface area (Å²) < 4.78 is 19.8. The zero-order chi connectivity index (χ0) is 13.9. The van der Waals surface area contributed by atoms with Crippen LogP contribution in [-0.4, -0.2) is 46.6 Å².